The zero-order valence-corrected chi connectivity index (χ0v) is 12.1. The molecule has 0 unspecified atom stereocenters. The van der Waals surface area contributed by atoms with Crippen LogP contribution < -0.4 is 5.32 Å². The van der Waals surface area contributed by atoms with E-state index in [0.29, 0.717) is 0 Å². The maximum atomic E-state index is 5.61. The van der Waals surface area contributed by atoms with Gasteiger partial charge in [0.25, 0.3) is 0 Å². The predicted octanol–water partition coefficient (Wildman–Crippen LogP) is 3.37. The lowest BCUT2D eigenvalue weighted by Crippen LogP contribution is -2.35. The summed E-state index contributed by atoms with van der Waals surface area (Å²) in [6.07, 6.45) is 8.31. The van der Waals surface area contributed by atoms with Crippen LogP contribution in [0.2, 0.25) is 0 Å². The van der Waals surface area contributed by atoms with Gasteiger partial charge in [-0.2, -0.15) is 0 Å². The van der Waals surface area contributed by atoms with Crippen molar-refractivity contribution >= 4 is 11.6 Å². The first-order chi connectivity index (χ1) is 8.24. The lowest BCUT2D eigenvalue weighted by molar-refractivity contribution is 0.190. The summed E-state index contributed by atoms with van der Waals surface area (Å²) in [5.41, 5.74) is 2.86. The molecule has 1 aliphatic carbocycles. The van der Waals surface area contributed by atoms with Crippen LogP contribution in [-0.2, 0) is 0 Å². The van der Waals surface area contributed by atoms with E-state index in [1.165, 1.54) is 50.6 Å². The van der Waals surface area contributed by atoms with E-state index in [-0.39, 0.29) is 0 Å². The van der Waals surface area contributed by atoms with E-state index in [4.69, 9.17) is 11.6 Å². The van der Waals surface area contributed by atoms with Gasteiger partial charge in [-0.05, 0) is 51.9 Å². The Morgan fingerprint density at radius 3 is 2.71 bits per heavy atom. The van der Waals surface area contributed by atoms with E-state index >= 15 is 0 Å². The van der Waals surface area contributed by atoms with Gasteiger partial charge in [0, 0.05) is 18.1 Å². The molecule has 1 rings (SSSR count). The largest absolute Gasteiger partial charge is 0.313 e. The van der Waals surface area contributed by atoms with Crippen molar-refractivity contribution in [2.45, 2.75) is 51.5 Å². The number of rotatable bonds is 7. The molecule has 0 radical (unpaired) electrons. The van der Waals surface area contributed by atoms with Crippen molar-refractivity contribution in [3.63, 3.8) is 0 Å². The van der Waals surface area contributed by atoms with E-state index in [9.17, 15) is 0 Å². The van der Waals surface area contributed by atoms with E-state index in [0.717, 1.165) is 19.1 Å². The highest BCUT2D eigenvalue weighted by Gasteiger charge is 2.16. The van der Waals surface area contributed by atoms with Crippen LogP contribution in [0.15, 0.2) is 11.1 Å². The van der Waals surface area contributed by atoms with Gasteiger partial charge in [0.1, 0.15) is 0 Å². The molecule has 0 spiro atoms. The van der Waals surface area contributed by atoms with Crippen molar-refractivity contribution in [2.75, 3.05) is 26.7 Å². The molecule has 1 N–H and O–H groups in total. The van der Waals surface area contributed by atoms with Gasteiger partial charge < -0.3 is 10.2 Å². The van der Waals surface area contributed by atoms with Crippen molar-refractivity contribution in [1.82, 2.24) is 10.2 Å². The van der Waals surface area contributed by atoms with Crippen LogP contribution in [0, 0.1) is 0 Å². The zero-order valence-electron chi connectivity index (χ0n) is 11.3. The second kappa shape index (κ2) is 8.96. The van der Waals surface area contributed by atoms with Crippen LogP contribution in [0.4, 0.5) is 0 Å². The summed E-state index contributed by atoms with van der Waals surface area (Å²) in [7, 11) is 2.28. The maximum absolute atomic E-state index is 5.61. The van der Waals surface area contributed by atoms with Crippen LogP contribution in [0.25, 0.3) is 0 Å². The van der Waals surface area contributed by atoms with Crippen molar-refractivity contribution in [3.05, 3.63) is 11.1 Å². The molecule has 1 aliphatic rings. The molecule has 0 aromatic heterocycles. The number of nitrogens with zero attached hydrogens (tertiary/aromatic N) is 1. The molecule has 17 heavy (non-hydrogen) atoms. The molecule has 3 heteroatoms. The fourth-order valence-corrected chi connectivity index (χ4v) is 2.56. The highest BCUT2D eigenvalue weighted by atomic mass is 35.5. The van der Waals surface area contributed by atoms with Crippen LogP contribution in [0.1, 0.15) is 45.4 Å². The fourth-order valence-electron chi connectivity index (χ4n) is 2.48. The summed E-state index contributed by atoms with van der Waals surface area (Å²) < 4.78 is 0. The summed E-state index contributed by atoms with van der Waals surface area (Å²) in [4.78, 5) is 2.55. The van der Waals surface area contributed by atoms with E-state index < -0.39 is 0 Å². The lowest BCUT2D eigenvalue weighted by atomic mass is 9.94. The van der Waals surface area contributed by atoms with Crippen LogP contribution in [-0.4, -0.2) is 37.6 Å². The quantitative estimate of drug-likeness (QED) is 0.705. The molecule has 0 amide bonds. The Labute approximate surface area is 111 Å². The van der Waals surface area contributed by atoms with E-state index in [2.05, 4.69) is 17.3 Å². The Morgan fingerprint density at radius 1 is 1.35 bits per heavy atom. The Balaban J connectivity index is 2.01. The van der Waals surface area contributed by atoms with Gasteiger partial charge in [-0.3, -0.25) is 0 Å². The zero-order chi connectivity index (χ0) is 12.5. The molecule has 0 atom stereocenters. The van der Waals surface area contributed by atoms with Crippen LogP contribution in [0.3, 0.4) is 0 Å². The lowest BCUT2D eigenvalue weighted by Gasteiger charge is -2.31. The predicted molar refractivity (Wildman–Crippen MR) is 76.6 cm³/mol. The number of nitrogens with one attached hydrogen (secondary N) is 1. The van der Waals surface area contributed by atoms with Crippen molar-refractivity contribution in [2.24, 2.45) is 0 Å². The Hall–Kier alpha value is -0.0500. The summed E-state index contributed by atoms with van der Waals surface area (Å²) in [6.45, 7) is 5.26. The molecular weight excluding hydrogens is 232 g/mol. The van der Waals surface area contributed by atoms with Gasteiger partial charge in [-0.15, -0.1) is 0 Å². The van der Waals surface area contributed by atoms with Gasteiger partial charge >= 0.3 is 0 Å². The van der Waals surface area contributed by atoms with E-state index in [1.807, 2.05) is 6.92 Å². The van der Waals surface area contributed by atoms with Gasteiger partial charge in [-0.1, -0.05) is 30.9 Å². The van der Waals surface area contributed by atoms with Crippen LogP contribution >= 0.6 is 11.6 Å². The van der Waals surface area contributed by atoms with E-state index in [1.54, 1.807) is 5.54 Å². The number of hydrogen-bond donors (Lipinski definition) is 1. The topological polar surface area (TPSA) is 15.3 Å². The molecule has 0 aromatic rings. The highest BCUT2D eigenvalue weighted by molar-refractivity contribution is 6.25. The average Bonchev–Trinajstić information content (AvgIpc) is 2.38. The SMILES string of the molecule is CC(=CCl)CNCCCN(C)C1CCCCC1. The molecule has 1 saturated carbocycles. The fraction of sp³-hybridized carbons (Fsp3) is 0.857. The molecule has 100 valence electrons. The highest BCUT2D eigenvalue weighted by Crippen LogP contribution is 2.21. The number of halogens is 1. The number of hydrogen-bond acceptors (Lipinski definition) is 2. The third-order valence-corrected chi connectivity index (χ3v) is 4.03. The second-order valence-corrected chi connectivity index (χ2v) is 5.48. The standard InChI is InChI=1S/C14H27ClN2/c1-13(11-15)12-16-9-6-10-17(2)14-7-4-3-5-8-14/h11,14,16H,3-10,12H2,1-2H3. The van der Waals surface area contributed by atoms with Gasteiger partial charge in [0.15, 0.2) is 0 Å². The first-order valence-electron chi connectivity index (χ1n) is 6.91. The Morgan fingerprint density at radius 2 is 2.06 bits per heavy atom. The third-order valence-electron chi connectivity index (χ3n) is 3.65. The van der Waals surface area contributed by atoms with Gasteiger partial charge in [0.05, 0.1) is 0 Å². The molecular formula is C14H27ClN2. The first kappa shape index (κ1) is 15.0. The summed E-state index contributed by atoms with van der Waals surface area (Å²) >= 11 is 5.61. The Bertz CT molecular complexity index is 222. The summed E-state index contributed by atoms with van der Waals surface area (Å²) in [5, 5.41) is 3.41. The molecule has 1 fully saturated rings. The molecule has 0 aromatic carbocycles. The molecule has 2 nitrogen and oxygen atoms in total. The minimum Gasteiger partial charge on any atom is -0.313 e. The minimum absolute atomic E-state index is 0.841. The first-order valence-corrected chi connectivity index (χ1v) is 7.34. The monoisotopic (exact) mass is 258 g/mol. The normalized spacial score (nSPS) is 18.9. The second-order valence-electron chi connectivity index (χ2n) is 5.26. The maximum Gasteiger partial charge on any atom is 0.0173 e. The molecule has 0 bridgehead atoms. The minimum atomic E-state index is 0.841. The molecule has 0 saturated heterocycles. The van der Waals surface area contributed by atoms with Gasteiger partial charge in [0.2, 0.25) is 0 Å². The third kappa shape index (κ3) is 6.44. The van der Waals surface area contributed by atoms with Crippen molar-refractivity contribution in [3.8, 4) is 0 Å². The smallest absolute Gasteiger partial charge is 0.0173 e. The summed E-state index contributed by atoms with van der Waals surface area (Å²) in [5.74, 6) is 0. The van der Waals surface area contributed by atoms with Crippen molar-refractivity contribution in [1.29, 1.82) is 0 Å². The Kier molecular flexibility index (Phi) is 7.91. The molecule has 0 aliphatic heterocycles. The summed E-state index contributed by atoms with van der Waals surface area (Å²) in [6, 6.07) is 0.841. The molecule has 0 heterocycles. The van der Waals surface area contributed by atoms with Gasteiger partial charge in [-0.25, -0.2) is 0 Å². The van der Waals surface area contributed by atoms with Crippen LogP contribution in [0.5, 0.6) is 0 Å². The van der Waals surface area contributed by atoms with Crippen molar-refractivity contribution < 1.29 is 0 Å². The average molecular weight is 259 g/mol.